The van der Waals surface area contributed by atoms with Crippen molar-refractivity contribution in [3.05, 3.63) is 214 Å². The Morgan fingerprint density at radius 1 is 0.387 bits per heavy atom. The Bertz CT molecular complexity index is 3680. The average Bonchev–Trinajstić information content (AvgIpc) is 4.21. The number of thiophene rings is 2. The molecule has 75 heavy (non-hydrogen) atoms. The third-order valence-electron chi connectivity index (χ3n) is 14.4. The first-order valence-corrected chi connectivity index (χ1v) is 27.7. The van der Waals surface area contributed by atoms with Gasteiger partial charge >= 0.3 is 0 Å². The summed E-state index contributed by atoms with van der Waals surface area (Å²) in [7, 11) is 0. The zero-order chi connectivity index (χ0) is 51.4. The maximum atomic E-state index is 5.23. The number of aryl methyl sites for hydroxylation is 2. The van der Waals surface area contributed by atoms with Crippen LogP contribution >= 0.6 is 22.7 Å². The molecule has 1 radical (unpaired) electrons. The van der Waals surface area contributed by atoms with Crippen molar-refractivity contribution in [1.82, 2.24) is 19.1 Å². The van der Waals surface area contributed by atoms with Crippen LogP contribution in [0.15, 0.2) is 170 Å². The van der Waals surface area contributed by atoms with E-state index in [0.717, 1.165) is 44.8 Å². The van der Waals surface area contributed by atoms with E-state index in [0.29, 0.717) is 23.7 Å². The Morgan fingerprint density at radius 2 is 0.720 bits per heavy atom. The van der Waals surface area contributed by atoms with Gasteiger partial charge in [-0.25, -0.2) is 0 Å². The second-order valence-corrected chi connectivity index (χ2v) is 22.7. The van der Waals surface area contributed by atoms with Crippen LogP contribution in [0.5, 0.6) is 0 Å². The largest absolute Gasteiger partial charge is 0.333 e. The summed E-state index contributed by atoms with van der Waals surface area (Å²) >= 11 is 3.35. The van der Waals surface area contributed by atoms with Crippen LogP contribution in [0, 0.1) is 24.6 Å². The molecule has 8 aromatic carbocycles. The van der Waals surface area contributed by atoms with Crippen molar-refractivity contribution in [1.29, 1.82) is 0 Å². The van der Waals surface area contributed by atoms with Crippen molar-refractivity contribution < 1.29 is 20.1 Å². The fraction of sp³-hybridized carbons (Fsp3) is 0.206. The van der Waals surface area contributed by atoms with Crippen LogP contribution in [0.25, 0.3) is 98.6 Å². The number of imidazole rings is 2. The van der Waals surface area contributed by atoms with Gasteiger partial charge in [-0.15, -0.1) is 22.9 Å². The van der Waals surface area contributed by atoms with Gasteiger partial charge in [-0.3, -0.25) is 32.6 Å². The molecule has 0 spiro atoms. The van der Waals surface area contributed by atoms with Gasteiger partial charge in [-0.05, 0) is 131 Å². The van der Waals surface area contributed by atoms with Gasteiger partial charge in [0, 0.05) is 31.5 Å². The first-order chi connectivity index (χ1) is 35.8. The fourth-order valence-electron chi connectivity index (χ4n) is 10.6. The van der Waals surface area contributed by atoms with E-state index >= 15 is 0 Å². The zero-order valence-corrected chi connectivity index (χ0v) is 48.4. The molecule has 4 aromatic heterocycles. The van der Waals surface area contributed by atoms with Crippen LogP contribution in [0.3, 0.4) is 0 Å². The van der Waals surface area contributed by atoms with E-state index in [9.17, 15) is 0 Å². The second-order valence-electron chi connectivity index (χ2n) is 21.0. The minimum absolute atomic E-state index is 0. The molecular weight excluding hydrogens is 1130 g/mol. The van der Waals surface area contributed by atoms with Gasteiger partial charge < -0.3 is 9.13 Å². The van der Waals surface area contributed by atoms with E-state index in [1.807, 2.05) is 0 Å². The fourth-order valence-corrected chi connectivity index (χ4v) is 12.2. The van der Waals surface area contributed by atoms with Crippen molar-refractivity contribution in [2.75, 3.05) is 0 Å². The molecule has 0 unspecified atom stereocenters. The summed E-state index contributed by atoms with van der Waals surface area (Å²) in [5.41, 5.74) is 21.9. The Hall–Kier alpha value is -6.73. The van der Waals surface area contributed by atoms with Crippen LogP contribution in [0.2, 0.25) is 0 Å². The van der Waals surface area contributed by atoms with E-state index in [1.165, 1.54) is 87.2 Å². The van der Waals surface area contributed by atoms with Crippen LogP contribution in [0.4, 0.5) is 0 Å². The summed E-state index contributed by atoms with van der Waals surface area (Å²) in [6, 6.07) is 61.3. The number of para-hydroxylation sites is 4. The first kappa shape index (κ1) is 51.7. The molecule has 377 valence electrons. The second kappa shape index (κ2) is 21.5. The van der Waals surface area contributed by atoms with Gasteiger partial charge in [0.15, 0.2) is 0 Å². The molecule has 7 heteroatoms. The quantitative estimate of drug-likeness (QED) is 0.128. The van der Waals surface area contributed by atoms with Crippen molar-refractivity contribution in [2.45, 2.75) is 92.9 Å². The van der Waals surface area contributed by atoms with E-state index in [4.69, 9.17) is 9.97 Å². The van der Waals surface area contributed by atoms with Gasteiger partial charge in [-0.1, -0.05) is 207 Å². The Kier molecular flexibility index (Phi) is 14.8. The summed E-state index contributed by atoms with van der Waals surface area (Å²) in [6.07, 6.45) is 0. The molecule has 0 atom stereocenters. The maximum absolute atomic E-state index is 5.23. The predicted octanol–water partition coefficient (Wildman–Crippen LogP) is 19.9. The molecule has 0 saturated carbocycles. The molecule has 0 amide bonds. The summed E-state index contributed by atoms with van der Waals surface area (Å²) in [5.74, 6) is 3.31. The number of nitrogens with zero attached hydrogens (tertiary/aromatic N) is 4. The van der Waals surface area contributed by atoms with E-state index in [1.54, 1.807) is 22.7 Å². The molecule has 12 aromatic rings. The van der Waals surface area contributed by atoms with E-state index in [-0.39, 0.29) is 20.1 Å². The van der Waals surface area contributed by atoms with E-state index in [2.05, 4.69) is 259 Å². The van der Waals surface area contributed by atoms with Gasteiger partial charge in [0.25, 0.3) is 0 Å². The molecule has 0 N–H and O–H groups in total. The molecule has 0 fully saturated rings. The Balaban J connectivity index is 0.000000169. The summed E-state index contributed by atoms with van der Waals surface area (Å²) in [4.78, 5) is 10.5. The topological polar surface area (TPSA) is 35.6 Å². The number of hydrogen-bond acceptors (Lipinski definition) is 4. The molecule has 4 nitrogen and oxygen atoms in total. The van der Waals surface area contributed by atoms with Crippen molar-refractivity contribution in [3.8, 4) is 56.4 Å². The third-order valence-corrected chi connectivity index (χ3v) is 16.2. The Labute approximate surface area is 464 Å². The summed E-state index contributed by atoms with van der Waals surface area (Å²) in [5, 5.41) is 9.69. The average molecular weight is 1190 g/mol. The van der Waals surface area contributed by atoms with Gasteiger partial charge in [0.1, 0.15) is 0 Å². The first-order valence-electron chi connectivity index (χ1n) is 26.1. The maximum Gasteiger partial charge on any atom is 0.0774 e. The minimum Gasteiger partial charge on any atom is -0.333 e. The molecular formula is C68H62IrN4S2-2. The van der Waals surface area contributed by atoms with Crippen molar-refractivity contribution in [2.24, 2.45) is 0 Å². The third kappa shape index (κ3) is 9.77. The van der Waals surface area contributed by atoms with Crippen LogP contribution in [-0.4, -0.2) is 19.1 Å². The molecule has 4 heterocycles. The van der Waals surface area contributed by atoms with Gasteiger partial charge in [0.2, 0.25) is 0 Å². The zero-order valence-electron chi connectivity index (χ0n) is 44.4. The number of aromatic nitrogens is 4. The van der Waals surface area contributed by atoms with Crippen LogP contribution < -0.4 is 0 Å². The van der Waals surface area contributed by atoms with Crippen molar-refractivity contribution >= 4 is 64.9 Å². The van der Waals surface area contributed by atoms with Crippen molar-refractivity contribution in [3.63, 3.8) is 0 Å². The van der Waals surface area contributed by atoms with Gasteiger partial charge in [0.05, 0.1) is 33.7 Å². The van der Waals surface area contributed by atoms with Crippen LogP contribution in [0.1, 0.15) is 112 Å². The monoisotopic (exact) mass is 1190 g/mol. The number of fused-ring (bicyclic) bond motifs is 4. The van der Waals surface area contributed by atoms with E-state index < -0.39 is 0 Å². The minimum atomic E-state index is 0. The Morgan fingerprint density at radius 3 is 1.07 bits per heavy atom. The molecule has 0 aliphatic rings. The standard InChI is InChI=1S/2C34H31N2S.Ir/c2*1-21(2)26-18-25(24-11-7-6-8-12-24)19-27(22(3)4)33(26)36-31-14-10-9-13-30(31)35-34(36)29-20-37-32-16-15-23(5)17-28(29)32;/h2*6-19,21-22H,1-5H3;/q2*-1;. The summed E-state index contributed by atoms with van der Waals surface area (Å²) in [6.45, 7) is 22.7. The number of benzene rings is 8. The molecule has 0 bridgehead atoms. The number of hydrogen-bond donors (Lipinski definition) is 0. The predicted molar refractivity (Wildman–Crippen MR) is 318 cm³/mol. The smallest absolute Gasteiger partial charge is 0.0774 e. The molecule has 0 aliphatic carbocycles. The normalized spacial score (nSPS) is 11.7. The van der Waals surface area contributed by atoms with Crippen LogP contribution in [-0.2, 0) is 20.1 Å². The van der Waals surface area contributed by atoms with Gasteiger partial charge in [-0.2, -0.15) is 0 Å². The molecule has 0 saturated heterocycles. The SMILES string of the molecule is Cc1ccc2s[c-]c(-c3nc4ccccc4n3-c3c(C(C)C)cc(-c4ccccc4)cc3C(C)C)c2c1.Cc1ccc2s[c-]c(-c3nc4ccccc4n3-c3c(C(C)C)cc(-c4ccccc4)cc3C(C)C)c2c1.[Ir]. The summed E-state index contributed by atoms with van der Waals surface area (Å²) < 4.78 is 7.31. The molecule has 0 aliphatic heterocycles. The number of rotatable bonds is 10. The molecule has 12 rings (SSSR count).